The van der Waals surface area contributed by atoms with E-state index in [4.69, 9.17) is 16.9 Å². The summed E-state index contributed by atoms with van der Waals surface area (Å²) in [5, 5.41) is 8.80. The van der Waals surface area contributed by atoms with Crippen LogP contribution in [0.4, 0.5) is 17.6 Å². The SMILES string of the molecule is N#Cc1ccc2nc(CCl)n(CC(F)(F)C(F)F)c2c1. The zero-order valence-corrected chi connectivity index (χ0v) is 10.7. The van der Waals surface area contributed by atoms with Gasteiger partial charge in [0.25, 0.3) is 0 Å². The van der Waals surface area contributed by atoms with Crippen molar-refractivity contribution in [3.05, 3.63) is 29.6 Å². The lowest BCUT2D eigenvalue weighted by atomic mass is 10.2. The van der Waals surface area contributed by atoms with Gasteiger partial charge < -0.3 is 4.57 Å². The number of hydrogen-bond acceptors (Lipinski definition) is 2. The molecule has 0 spiro atoms. The summed E-state index contributed by atoms with van der Waals surface area (Å²) in [7, 11) is 0. The van der Waals surface area contributed by atoms with E-state index in [-0.39, 0.29) is 22.8 Å². The van der Waals surface area contributed by atoms with Crippen molar-refractivity contribution in [3.8, 4) is 6.07 Å². The van der Waals surface area contributed by atoms with Gasteiger partial charge in [0.2, 0.25) is 0 Å². The Hall–Kier alpha value is -1.81. The van der Waals surface area contributed by atoms with Crippen LogP contribution in [0.1, 0.15) is 11.4 Å². The molecule has 0 amide bonds. The molecule has 0 bridgehead atoms. The quantitative estimate of drug-likeness (QED) is 0.640. The average Bonchev–Trinajstić information content (AvgIpc) is 2.75. The second kappa shape index (κ2) is 5.29. The van der Waals surface area contributed by atoms with Crippen molar-refractivity contribution in [1.82, 2.24) is 9.55 Å². The molecule has 0 saturated heterocycles. The van der Waals surface area contributed by atoms with Crippen molar-refractivity contribution >= 4 is 22.6 Å². The lowest BCUT2D eigenvalue weighted by Crippen LogP contribution is -2.32. The molecule has 2 aromatic rings. The van der Waals surface area contributed by atoms with Gasteiger partial charge in [-0.25, -0.2) is 13.8 Å². The van der Waals surface area contributed by atoms with Gasteiger partial charge in [0.15, 0.2) is 0 Å². The number of nitriles is 1. The molecule has 8 heteroatoms. The Labute approximate surface area is 116 Å². The Kier molecular flexibility index (Phi) is 3.86. The molecule has 20 heavy (non-hydrogen) atoms. The second-order valence-electron chi connectivity index (χ2n) is 4.12. The number of fused-ring (bicyclic) bond motifs is 1. The van der Waals surface area contributed by atoms with Crippen LogP contribution in [-0.4, -0.2) is 21.9 Å². The first-order valence-electron chi connectivity index (χ1n) is 5.50. The van der Waals surface area contributed by atoms with Crippen molar-refractivity contribution in [3.63, 3.8) is 0 Å². The molecule has 0 radical (unpaired) electrons. The first kappa shape index (κ1) is 14.6. The maximum atomic E-state index is 13.2. The van der Waals surface area contributed by atoms with Crippen molar-refractivity contribution < 1.29 is 17.6 Å². The molecule has 0 unspecified atom stereocenters. The average molecular weight is 306 g/mol. The third kappa shape index (κ3) is 2.56. The maximum Gasteiger partial charge on any atom is 0.324 e. The van der Waals surface area contributed by atoms with Crippen LogP contribution in [0.3, 0.4) is 0 Å². The molecule has 1 heterocycles. The molecule has 0 aliphatic rings. The predicted octanol–water partition coefficient (Wildman–Crippen LogP) is 3.55. The number of imidazole rings is 1. The van der Waals surface area contributed by atoms with Crippen molar-refractivity contribution in [2.24, 2.45) is 0 Å². The van der Waals surface area contributed by atoms with Crippen molar-refractivity contribution in [1.29, 1.82) is 5.26 Å². The van der Waals surface area contributed by atoms with Crippen LogP contribution in [0.5, 0.6) is 0 Å². The largest absolute Gasteiger partial charge is 0.324 e. The van der Waals surface area contributed by atoms with E-state index in [0.29, 0.717) is 5.52 Å². The van der Waals surface area contributed by atoms with Crippen LogP contribution in [0, 0.1) is 11.3 Å². The van der Waals surface area contributed by atoms with Crippen LogP contribution in [0.15, 0.2) is 18.2 Å². The number of hydrogen-bond donors (Lipinski definition) is 0. The number of nitrogens with zero attached hydrogens (tertiary/aromatic N) is 3. The van der Waals surface area contributed by atoms with Gasteiger partial charge in [-0.05, 0) is 18.2 Å². The minimum atomic E-state index is -4.20. The predicted molar refractivity (Wildman–Crippen MR) is 65.0 cm³/mol. The lowest BCUT2D eigenvalue weighted by Gasteiger charge is -2.17. The topological polar surface area (TPSA) is 41.6 Å². The van der Waals surface area contributed by atoms with Crippen molar-refractivity contribution in [2.75, 3.05) is 0 Å². The van der Waals surface area contributed by atoms with E-state index in [1.165, 1.54) is 18.2 Å². The van der Waals surface area contributed by atoms with E-state index < -0.39 is 18.9 Å². The van der Waals surface area contributed by atoms with Gasteiger partial charge in [-0.3, -0.25) is 0 Å². The normalized spacial score (nSPS) is 12.1. The summed E-state index contributed by atoms with van der Waals surface area (Å²) in [6.07, 6.45) is -3.79. The Morgan fingerprint density at radius 1 is 1.40 bits per heavy atom. The first-order valence-corrected chi connectivity index (χ1v) is 6.03. The molecule has 0 aliphatic heterocycles. The third-order valence-electron chi connectivity index (χ3n) is 2.76. The molecule has 0 atom stereocenters. The molecule has 0 saturated carbocycles. The fraction of sp³-hybridized carbons (Fsp3) is 0.333. The fourth-order valence-electron chi connectivity index (χ4n) is 1.80. The fourth-order valence-corrected chi connectivity index (χ4v) is 2.00. The number of rotatable bonds is 4. The number of halogens is 5. The second-order valence-corrected chi connectivity index (χ2v) is 4.39. The van der Waals surface area contributed by atoms with E-state index in [9.17, 15) is 17.6 Å². The standard InChI is InChI=1S/C12H8ClF4N3/c13-4-10-19-8-2-1-7(5-18)3-9(8)20(10)6-12(16,17)11(14)15/h1-3,11H,4,6H2. The molecule has 106 valence electrons. The van der Waals surface area contributed by atoms with Crippen LogP contribution in [-0.2, 0) is 12.4 Å². The molecule has 0 aliphatic carbocycles. The Balaban J connectivity index is 2.58. The zero-order chi connectivity index (χ0) is 14.9. The van der Waals surface area contributed by atoms with Gasteiger partial charge in [-0.2, -0.15) is 14.0 Å². The lowest BCUT2D eigenvalue weighted by molar-refractivity contribution is -0.137. The van der Waals surface area contributed by atoms with Gasteiger partial charge in [0, 0.05) is 0 Å². The summed E-state index contributed by atoms with van der Waals surface area (Å²) in [4.78, 5) is 3.99. The molecule has 1 aromatic carbocycles. The Morgan fingerprint density at radius 3 is 2.65 bits per heavy atom. The number of benzene rings is 1. The number of alkyl halides is 5. The van der Waals surface area contributed by atoms with E-state index in [1.807, 2.05) is 6.07 Å². The van der Waals surface area contributed by atoms with Gasteiger partial charge in [0.05, 0.1) is 35.1 Å². The van der Waals surface area contributed by atoms with E-state index >= 15 is 0 Å². The van der Waals surface area contributed by atoms with Gasteiger partial charge >= 0.3 is 12.3 Å². The Bertz CT molecular complexity index is 675. The van der Waals surface area contributed by atoms with E-state index in [2.05, 4.69) is 4.98 Å². The highest BCUT2D eigenvalue weighted by molar-refractivity contribution is 6.16. The molecule has 0 fully saturated rings. The summed E-state index contributed by atoms with van der Waals surface area (Å²) in [6.45, 7) is -1.24. The summed E-state index contributed by atoms with van der Waals surface area (Å²) >= 11 is 5.60. The minimum Gasteiger partial charge on any atom is -0.321 e. The third-order valence-corrected chi connectivity index (χ3v) is 3.00. The van der Waals surface area contributed by atoms with Crippen LogP contribution in [0.25, 0.3) is 11.0 Å². The molecule has 3 nitrogen and oxygen atoms in total. The maximum absolute atomic E-state index is 13.2. The smallest absolute Gasteiger partial charge is 0.321 e. The molecular formula is C12H8ClF4N3. The highest BCUT2D eigenvalue weighted by Gasteiger charge is 2.41. The van der Waals surface area contributed by atoms with Gasteiger partial charge in [0.1, 0.15) is 5.82 Å². The molecular weight excluding hydrogens is 298 g/mol. The minimum absolute atomic E-state index is 0.0529. The first-order chi connectivity index (χ1) is 9.39. The van der Waals surface area contributed by atoms with Crippen LogP contribution >= 0.6 is 11.6 Å². The highest BCUT2D eigenvalue weighted by Crippen LogP contribution is 2.28. The van der Waals surface area contributed by atoms with E-state index in [1.54, 1.807) is 0 Å². The molecule has 2 rings (SSSR count). The van der Waals surface area contributed by atoms with E-state index in [0.717, 1.165) is 4.57 Å². The summed E-state index contributed by atoms with van der Waals surface area (Å²) in [5.41, 5.74) is 0.727. The summed E-state index contributed by atoms with van der Waals surface area (Å²) in [6, 6.07) is 6.09. The van der Waals surface area contributed by atoms with Gasteiger partial charge in [-0.1, -0.05) is 0 Å². The monoisotopic (exact) mass is 305 g/mol. The van der Waals surface area contributed by atoms with Crippen LogP contribution in [0.2, 0.25) is 0 Å². The summed E-state index contributed by atoms with van der Waals surface area (Å²) < 4.78 is 52.0. The van der Waals surface area contributed by atoms with Crippen molar-refractivity contribution in [2.45, 2.75) is 24.8 Å². The molecule has 1 aromatic heterocycles. The zero-order valence-electron chi connectivity index (χ0n) is 9.96. The highest BCUT2D eigenvalue weighted by atomic mass is 35.5. The summed E-state index contributed by atoms with van der Waals surface area (Å²) in [5.74, 6) is -4.34. The number of aromatic nitrogens is 2. The Morgan fingerprint density at radius 2 is 2.10 bits per heavy atom. The van der Waals surface area contributed by atoms with Gasteiger partial charge in [-0.15, -0.1) is 11.6 Å². The molecule has 0 N–H and O–H groups in total. The van der Waals surface area contributed by atoms with Crippen LogP contribution < -0.4 is 0 Å².